The van der Waals surface area contributed by atoms with Gasteiger partial charge in [-0.05, 0) is 19.3 Å². The number of likely N-dealkylation sites (tertiary alicyclic amines) is 1. The van der Waals surface area contributed by atoms with Crippen LogP contribution in [0.4, 0.5) is 0 Å². The molecule has 2 unspecified atom stereocenters. The normalized spacial score (nSPS) is 24.8. The van der Waals surface area contributed by atoms with E-state index in [4.69, 9.17) is 19.6 Å². The predicted molar refractivity (Wildman–Crippen MR) is 68.1 cm³/mol. The molecule has 0 aromatic rings. The molecule has 8 nitrogen and oxygen atoms in total. The van der Waals surface area contributed by atoms with Gasteiger partial charge in [0, 0.05) is 5.92 Å². The van der Waals surface area contributed by atoms with Crippen LogP contribution in [0, 0.1) is 5.92 Å². The van der Waals surface area contributed by atoms with Gasteiger partial charge in [-0.2, -0.15) is 0 Å². The van der Waals surface area contributed by atoms with Crippen LogP contribution in [0.2, 0.25) is 0 Å². The Hall–Kier alpha value is 0.950. The standard InChI is InChI=1S/C9H21NO7P2.HI/c1-10(2)5-3-4-8(7-10)6-9(18(11,12)13)17-19(14,15)16;/h8-9H,3-7H2,1-2H3,(H3-,11,12,13,14,15,16);1H. The Balaban J connectivity index is 0.00000361. The van der Waals surface area contributed by atoms with Gasteiger partial charge in [-0.25, -0.2) is 4.57 Å². The van der Waals surface area contributed by atoms with Gasteiger partial charge in [0.15, 0.2) is 5.85 Å². The molecule has 0 amide bonds. The van der Waals surface area contributed by atoms with E-state index in [1.54, 1.807) is 0 Å². The van der Waals surface area contributed by atoms with Gasteiger partial charge in [-0.15, -0.1) is 0 Å². The van der Waals surface area contributed by atoms with E-state index in [2.05, 4.69) is 4.52 Å². The third-order valence-corrected chi connectivity index (χ3v) is 5.06. The topological polar surface area (TPSA) is 124 Å². The van der Waals surface area contributed by atoms with E-state index in [9.17, 15) is 9.13 Å². The van der Waals surface area contributed by atoms with Gasteiger partial charge in [-0.3, -0.25) is 9.09 Å². The molecule has 0 radical (unpaired) electrons. The zero-order valence-electron chi connectivity index (χ0n) is 11.4. The largest absolute Gasteiger partial charge is 1.00 e. The number of rotatable bonds is 5. The van der Waals surface area contributed by atoms with Crippen molar-refractivity contribution in [3.8, 4) is 0 Å². The first kappa shape index (κ1) is 20.9. The van der Waals surface area contributed by atoms with Crippen molar-refractivity contribution in [2.24, 2.45) is 5.92 Å². The molecule has 0 aromatic carbocycles. The van der Waals surface area contributed by atoms with Crippen molar-refractivity contribution in [1.82, 2.24) is 0 Å². The van der Waals surface area contributed by atoms with Crippen LogP contribution < -0.4 is 24.0 Å². The second kappa shape index (κ2) is 7.48. The van der Waals surface area contributed by atoms with Crippen molar-refractivity contribution in [3.05, 3.63) is 0 Å². The number of phosphoric ester groups is 1. The molecule has 1 aliphatic rings. The van der Waals surface area contributed by atoms with Crippen molar-refractivity contribution in [3.63, 3.8) is 0 Å². The third-order valence-electron chi connectivity index (χ3n) is 3.30. The lowest BCUT2D eigenvalue weighted by molar-refractivity contribution is -0.898. The van der Waals surface area contributed by atoms with Gasteiger partial charge in [0.05, 0.1) is 27.2 Å². The average Bonchev–Trinajstić information content (AvgIpc) is 2.11. The molecule has 2 atom stereocenters. The summed E-state index contributed by atoms with van der Waals surface area (Å²) in [7, 11) is -5.58. The molecule has 20 heavy (non-hydrogen) atoms. The van der Waals surface area contributed by atoms with Crippen LogP contribution in [-0.4, -0.2) is 57.1 Å². The highest BCUT2D eigenvalue weighted by Crippen LogP contribution is 2.52. The number of hydrogen-bond acceptors (Lipinski definition) is 3. The smallest absolute Gasteiger partial charge is 0.470 e. The van der Waals surface area contributed by atoms with E-state index in [1.807, 2.05) is 14.1 Å². The summed E-state index contributed by atoms with van der Waals surface area (Å²) in [4.78, 5) is 35.7. The highest BCUT2D eigenvalue weighted by atomic mass is 127. The zero-order valence-corrected chi connectivity index (χ0v) is 15.4. The maximum atomic E-state index is 11.3. The van der Waals surface area contributed by atoms with Crippen molar-refractivity contribution in [1.29, 1.82) is 0 Å². The molecule has 1 rings (SSSR count). The Morgan fingerprint density at radius 3 is 2.20 bits per heavy atom. The lowest BCUT2D eigenvalue weighted by atomic mass is 9.94. The Kier molecular flexibility index (Phi) is 7.83. The summed E-state index contributed by atoms with van der Waals surface area (Å²) in [6.07, 6.45) is 1.65. The van der Waals surface area contributed by atoms with Crippen LogP contribution >= 0.6 is 15.4 Å². The molecule has 0 bridgehead atoms. The summed E-state index contributed by atoms with van der Waals surface area (Å²) < 4.78 is 27.0. The van der Waals surface area contributed by atoms with Crippen molar-refractivity contribution in [2.75, 3.05) is 27.2 Å². The van der Waals surface area contributed by atoms with Gasteiger partial charge >= 0.3 is 15.4 Å². The van der Waals surface area contributed by atoms with Gasteiger partial charge in [-0.1, -0.05) is 0 Å². The average molecular weight is 445 g/mol. The number of nitrogens with zero attached hydrogens (tertiary/aromatic N) is 1. The first-order chi connectivity index (χ1) is 8.39. The van der Waals surface area contributed by atoms with Crippen molar-refractivity contribution >= 4 is 15.4 Å². The third kappa shape index (κ3) is 7.82. The van der Waals surface area contributed by atoms with Crippen LogP contribution in [0.25, 0.3) is 0 Å². The minimum atomic E-state index is -4.92. The monoisotopic (exact) mass is 445 g/mol. The molecule has 1 heterocycles. The summed E-state index contributed by atoms with van der Waals surface area (Å²) >= 11 is 0. The Labute approximate surface area is 135 Å². The van der Waals surface area contributed by atoms with E-state index in [-0.39, 0.29) is 36.3 Å². The fourth-order valence-corrected chi connectivity index (χ4v) is 4.40. The molecule has 0 saturated carbocycles. The Morgan fingerprint density at radius 1 is 1.25 bits per heavy atom. The van der Waals surface area contributed by atoms with E-state index >= 15 is 0 Å². The SMILES string of the molecule is C[N+]1(C)CCCC(CC(OP(=O)(O)O)P(=O)(O)O)C1.[I-]. The van der Waals surface area contributed by atoms with Gasteiger partial charge < -0.3 is 48.0 Å². The van der Waals surface area contributed by atoms with E-state index < -0.39 is 21.3 Å². The maximum Gasteiger partial charge on any atom is 0.470 e. The minimum absolute atomic E-state index is 0. The van der Waals surface area contributed by atoms with Gasteiger partial charge in [0.2, 0.25) is 0 Å². The Bertz CT molecular complexity index is 407. The molecule has 11 heteroatoms. The zero-order chi connectivity index (χ0) is 14.9. The molecule has 122 valence electrons. The molecule has 1 aliphatic heterocycles. The molecule has 0 aromatic heterocycles. The quantitative estimate of drug-likeness (QED) is 0.209. The van der Waals surface area contributed by atoms with E-state index in [0.29, 0.717) is 6.54 Å². The number of piperidine rings is 1. The Morgan fingerprint density at radius 2 is 1.80 bits per heavy atom. The van der Waals surface area contributed by atoms with E-state index in [0.717, 1.165) is 23.9 Å². The van der Waals surface area contributed by atoms with E-state index in [1.165, 1.54) is 0 Å². The fraction of sp³-hybridized carbons (Fsp3) is 1.00. The summed E-state index contributed by atoms with van der Waals surface area (Å²) in [5.41, 5.74) is 0. The summed E-state index contributed by atoms with van der Waals surface area (Å²) in [6.45, 7) is 1.69. The highest BCUT2D eigenvalue weighted by Gasteiger charge is 2.39. The van der Waals surface area contributed by atoms with Crippen LogP contribution in [0.1, 0.15) is 19.3 Å². The second-order valence-corrected chi connectivity index (χ2v) is 8.67. The van der Waals surface area contributed by atoms with Gasteiger partial charge in [0.25, 0.3) is 0 Å². The number of hydrogen-bond donors (Lipinski definition) is 4. The maximum absolute atomic E-state index is 11.3. The lowest BCUT2D eigenvalue weighted by Gasteiger charge is -2.39. The number of halogens is 1. The lowest BCUT2D eigenvalue weighted by Crippen LogP contribution is -3.00. The van der Waals surface area contributed by atoms with Crippen molar-refractivity contribution in [2.45, 2.75) is 25.1 Å². The second-order valence-electron chi connectivity index (χ2n) is 5.73. The van der Waals surface area contributed by atoms with Crippen LogP contribution in [-0.2, 0) is 13.7 Å². The predicted octanol–water partition coefficient (Wildman–Crippen LogP) is -2.52. The van der Waals surface area contributed by atoms with Crippen molar-refractivity contribution < 1.29 is 61.7 Å². The van der Waals surface area contributed by atoms with Crippen LogP contribution in [0.15, 0.2) is 0 Å². The molecule has 1 saturated heterocycles. The summed E-state index contributed by atoms with van der Waals surface area (Å²) in [5.74, 6) is -1.76. The first-order valence-electron chi connectivity index (χ1n) is 6.00. The molecule has 0 aliphatic carbocycles. The number of quaternary nitrogens is 1. The van der Waals surface area contributed by atoms with Crippen LogP contribution in [0.3, 0.4) is 0 Å². The molecule has 0 spiro atoms. The van der Waals surface area contributed by atoms with Gasteiger partial charge in [0.1, 0.15) is 0 Å². The highest BCUT2D eigenvalue weighted by molar-refractivity contribution is 7.53. The summed E-state index contributed by atoms with van der Waals surface area (Å²) in [5, 5.41) is 0. The minimum Gasteiger partial charge on any atom is -1.00 e. The first-order valence-corrected chi connectivity index (χ1v) is 9.21. The fourth-order valence-electron chi connectivity index (χ4n) is 2.57. The molecular formula is C9H22INO7P2. The summed E-state index contributed by atoms with van der Waals surface area (Å²) in [6, 6.07) is 0. The molecule has 1 fully saturated rings. The number of phosphoric acid groups is 1. The van der Waals surface area contributed by atoms with Crippen LogP contribution in [0.5, 0.6) is 0 Å². The molecular weight excluding hydrogens is 423 g/mol. The molecule has 4 N–H and O–H groups in total.